The van der Waals surface area contributed by atoms with Gasteiger partial charge in [0.1, 0.15) is 5.60 Å². The molecule has 0 aromatic heterocycles. The van der Waals surface area contributed by atoms with E-state index in [0.29, 0.717) is 35.8 Å². The minimum absolute atomic E-state index is 0. The smallest absolute Gasteiger partial charge is 0.344 e. The van der Waals surface area contributed by atoms with E-state index in [1.165, 1.54) is 12.0 Å². The Morgan fingerprint density at radius 2 is 1.89 bits per heavy atom. The molecule has 0 aromatic rings. The molecule has 0 radical (unpaired) electrons. The van der Waals surface area contributed by atoms with Crippen LogP contribution in [0, 0.1) is 29.1 Å². The maximum Gasteiger partial charge on any atom is 0.344 e. The average molecular weight is 535 g/mol. The first kappa shape index (κ1) is 32.2. The number of carbonyl (C=O) groups is 1. The topological polar surface area (TPSA) is 134 Å². The van der Waals surface area contributed by atoms with E-state index >= 15 is 0 Å². The van der Waals surface area contributed by atoms with Gasteiger partial charge in [0.05, 0.1) is 11.4 Å². The first-order valence-corrected chi connectivity index (χ1v) is 14.4. The molecule has 4 aliphatic carbocycles. The molecular formula is C30H54N4O4. The van der Waals surface area contributed by atoms with Crippen LogP contribution in [0.5, 0.6) is 0 Å². The molecule has 0 saturated heterocycles. The first-order valence-electron chi connectivity index (χ1n) is 14.4. The van der Waals surface area contributed by atoms with Gasteiger partial charge in [-0.25, -0.2) is 10.6 Å². The second kappa shape index (κ2) is 13.8. The van der Waals surface area contributed by atoms with Gasteiger partial charge < -0.3 is 25.8 Å². The summed E-state index contributed by atoms with van der Waals surface area (Å²) < 4.78 is 0. The molecular weight excluding hydrogens is 480 g/mol. The second-order valence-corrected chi connectivity index (χ2v) is 11.8. The summed E-state index contributed by atoms with van der Waals surface area (Å²) in [5, 5.41) is 26.4. The predicted octanol–water partition coefficient (Wildman–Crippen LogP) is 5.58. The first-order chi connectivity index (χ1) is 17.6. The summed E-state index contributed by atoms with van der Waals surface area (Å²) >= 11 is 0. The van der Waals surface area contributed by atoms with E-state index in [9.17, 15) is 9.90 Å². The number of oxime groups is 1. The van der Waals surface area contributed by atoms with Crippen LogP contribution in [-0.2, 0) is 9.63 Å². The number of nitrogens with two attached hydrogens (primary N) is 2. The van der Waals surface area contributed by atoms with Crippen LogP contribution in [0.1, 0.15) is 106 Å². The standard InChI is InChI=1S/C26H42N4O4.C3H8.CH4/c1-3-4-13-30(28)15-23(27)26(33)12-10-22-21-7-5-17-14-18(29-34-16-24(31)32)6-8-19(17)20(21)9-11-25(22,26)2;1-3-2;/h14-15,19-22,33H,3-13,16,27-28H2,1-2H3,(H,31,32);3H2,1-2H3;1H4/b23-15-,29-18-;;/t19?,20?,21?,22?,25?,26-;;/m1../s1. The average Bonchev–Trinajstić information content (AvgIpc) is 3.14. The van der Waals surface area contributed by atoms with E-state index in [1.807, 2.05) is 0 Å². The third-order valence-corrected chi connectivity index (χ3v) is 9.39. The Labute approximate surface area is 230 Å². The van der Waals surface area contributed by atoms with Gasteiger partial charge in [-0.15, -0.1) is 0 Å². The fourth-order valence-corrected chi connectivity index (χ4v) is 7.62. The molecule has 0 aliphatic heterocycles. The number of unbranched alkanes of at least 4 members (excludes halogenated alkanes) is 1. The number of hydrazine groups is 1. The van der Waals surface area contributed by atoms with Crippen LogP contribution >= 0.6 is 0 Å². The number of carboxylic acid groups (broad SMARTS) is 1. The number of aliphatic hydroxyl groups is 1. The highest BCUT2D eigenvalue weighted by molar-refractivity contribution is 5.96. The van der Waals surface area contributed by atoms with Gasteiger partial charge in [0, 0.05) is 18.2 Å². The van der Waals surface area contributed by atoms with E-state index in [1.54, 1.807) is 11.2 Å². The molecule has 218 valence electrons. The number of carboxylic acids is 1. The number of aliphatic carboxylic acids is 1. The van der Waals surface area contributed by atoms with Gasteiger partial charge in [0.15, 0.2) is 0 Å². The maximum absolute atomic E-state index is 11.9. The van der Waals surface area contributed by atoms with E-state index in [4.69, 9.17) is 21.5 Å². The monoisotopic (exact) mass is 534 g/mol. The van der Waals surface area contributed by atoms with Crippen molar-refractivity contribution in [3.8, 4) is 0 Å². The van der Waals surface area contributed by atoms with Gasteiger partial charge in [0.2, 0.25) is 6.61 Å². The Morgan fingerprint density at radius 1 is 1.18 bits per heavy atom. The molecule has 4 rings (SSSR count). The molecule has 6 N–H and O–H groups in total. The zero-order valence-corrected chi connectivity index (χ0v) is 23.4. The van der Waals surface area contributed by atoms with Crippen molar-refractivity contribution < 1.29 is 19.8 Å². The Morgan fingerprint density at radius 3 is 2.55 bits per heavy atom. The van der Waals surface area contributed by atoms with E-state index in [-0.39, 0.29) is 12.8 Å². The van der Waals surface area contributed by atoms with E-state index in [2.05, 4.69) is 38.9 Å². The third kappa shape index (κ3) is 6.56. The van der Waals surface area contributed by atoms with Crippen molar-refractivity contribution >= 4 is 11.7 Å². The fourth-order valence-electron chi connectivity index (χ4n) is 7.62. The number of rotatable bonds is 8. The lowest BCUT2D eigenvalue weighted by molar-refractivity contribution is -0.142. The fraction of sp³-hybridized carbons (Fsp3) is 0.800. The number of allylic oxidation sites excluding steroid dienone is 2. The van der Waals surface area contributed by atoms with Crippen molar-refractivity contribution in [3.63, 3.8) is 0 Å². The zero-order valence-electron chi connectivity index (χ0n) is 23.4. The predicted molar refractivity (Wildman–Crippen MR) is 154 cm³/mol. The van der Waals surface area contributed by atoms with Gasteiger partial charge in [-0.05, 0) is 87.5 Å². The van der Waals surface area contributed by atoms with Crippen molar-refractivity contribution in [1.29, 1.82) is 0 Å². The third-order valence-electron chi connectivity index (χ3n) is 9.39. The van der Waals surface area contributed by atoms with Gasteiger partial charge in [-0.1, -0.05) is 58.7 Å². The number of hydrogen-bond acceptors (Lipinski definition) is 7. The van der Waals surface area contributed by atoms with Crippen LogP contribution in [0.25, 0.3) is 0 Å². The molecule has 0 aromatic carbocycles. The number of hydrogen-bond donors (Lipinski definition) is 4. The van der Waals surface area contributed by atoms with Crippen LogP contribution < -0.4 is 11.6 Å². The summed E-state index contributed by atoms with van der Waals surface area (Å²) in [6.07, 6.45) is 15.0. The van der Waals surface area contributed by atoms with Crippen molar-refractivity contribution in [2.75, 3.05) is 13.2 Å². The minimum Gasteiger partial charge on any atom is -0.479 e. The number of fused-ring (bicyclic) bond motifs is 5. The summed E-state index contributed by atoms with van der Waals surface area (Å²) in [5.74, 6) is 7.37. The van der Waals surface area contributed by atoms with Crippen LogP contribution in [0.3, 0.4) is 0 Å². The summed E-state index contributed by atoms with van der Waals surface area (Å²) in [4.78, 5) is 15.6. The molecule has 8 nitrogen and oxygen atoms in total. The molecule has 8 heteroatoms. The highest BCUT2D eigenvalue weighted by atomic mass is 16.6. The minimum atomic E-state index is -1.01. The van der Waals surface area contributed by atoms with Gasteiger partial charge >= 0.3 is 5.97 Å². The van der Waals surface area contributed by atoms with Crippen molar-refractivity contribution in [2.45, 2.75) is 111 Å². The van der Waals surface area contributed by atoms with E-state index in [0.717, 1.165) is 70.0 Å². The number of nitrogens with zero attached hydrogens (tertiary/aromatic N) is 2. The van der Waals surface area contributed by atoms with Crippen molar-refractivity contribution in [1.82, 2.24) is 5.01 Å². The van der Waals surface area contributed by atoms with Gasteiger partial charge in [-0.2, -0.15) is 0 Å². The molecule has 3 saturated carbocycles. The Bertz CT molecular complexity index is 887. The summed E-state index contributed by atoms with van der Waals surface area (Å²) in [6.45, 7) is 8.97. The molecule has 0 heterocycles. The molecule has 5 unspecified atom stereocenters. The lowest BCUT2D eigenvalue weighted by atomic mass is 9.50. The summed E-state index contributed by atoms with van der Waals surface area (Å²) in [7, 11) is 0. The Hall–Kier alpha value is -2.06. The molecule has 0 amide bonds. The quantitative estimate of drug-likeness (QED) is 0.236. The molecule has 38 heavy (non-hydrogen) atoms. The van der Waals surface area contributed by atoms with Crippen LogP contribution in [-0.4, -0.2) is 45.7 Å². The summed E-state index contributed by atoms with van der Waals surface area (Å²) in [5.41, 5.74) is 8.13. The summed E-state index contributed by atoms with van der Waals surface area (Å²) in [6, 6.07) is 0. The largest absolute Gasteiger partial charge is 0.479 e. The Balaban J connectivity index is 0.00000121. The lowest BCUT2D eigenvalue weighted by Crippen LogP contribution is -2.55. The van der Waals surface area contributed by atoms with Gasteiger partial charge in [-0.3, -0.25) is 0 Å². The van der Waals surface area contributed by atoms with Crippen molar-refractivity contribution in [2.24, 2.45) is 45.8 Å². The molecule has 6 atom stereocenters. The highest BCUT2D eigenvalue weighted by Gasteiger charge is 2.63. The Kier molecular flexibility index (Phi) is 11.7. The molecule has 3 fully saturated rings. The SMILES string of the molecule is C.CCC.CCCCN(N)/C=C(\N)[C@]1(O)CCC2C3CCC4=C/C(=N\OCC(=O)O)CCC4C3CCC21C. The van der Waals surface area contributed by atoms with Crippen molar-refractivity contribution in [3.05, 3.63) is 23.5 Å². The van der Waals surface area contributed by atoms with Crippen LogP contribution in [0.4, 0.5) is 0 Å². The van der Waals surface area contributed by atoms with E-state index < -0.39 is 18.2 Å². The molecule has 0 spiro atoms. The van der Waals surface area contributed by atoms with Crippen LogP contribution in [0.15, 0.2) is 28.7 Å². The lowest BCUT2D eigenvalue weighted by Gasteiger charge is -2.55. The van der Waals surface area contributed by atoms with Gasteiger partial charge in [0.25, 0.3) is 0 Å². The molecule has 0 bridgehead atoms. The zero-order chi connectivity index (χ0) is 27.2. The van der Waals surface area contributed by atoms with Crippen LogP contribution in [0.2, 0.25) is 0 Å². The normalized spacial score (nSPS) is 34.9. The second-order valence-electron chi connectivity index (χ2n) is 11.8. The molecule has 4 aliphatic rings. The highest BCUT2D eigenvalue weighted by Crippen LogP contribution is 2.65. The maximum atomic E-state index is 11.9.